The van der Waals surface area contributed by atoms with E-state index in [4.69, 9.17) is 0 Å². The van der Waals surface area contributed by atoms with E-state index in [1.54, 1.807) is 4.90 Å². The summed E-state index contributed by atoms with van der Waals surface area (Å²) >= 11 is 0. The van der Waals surface area contributed by atoms with Crippen LogP contribution >= 0.6 is 0 Å². The molecule has 4 atom stereocenters. The molecule has 21 heavy (non-hydrogen) atoms. The van der Waals surface area contributed by atoms with Crippen molar-refractivity contribution < 1.29 is 14.7 Å². The minimum Gasteiger partial charge on any atom is -0.480 e. The van der Waals surface area contributed by atoms with E-state index in [9.17, 15) is 14.7 Å². The molecule has 1 aliphatic carbocycles. The van der Waals surface area contributed by atoms with Crippen LogP contribution < -0.4 is 5.32 Å². The number of aliphatic carboxylic acids is 1. The Morgan fingerprint density at radius 3 is 2.52 bits per heavy atom. The van der Waals surface area contributed by atoms with Crippen molar-refractivity contribution >= 4 is 12.0 Å². The lowest BCUT2D eigenvalue weighted by atomic mass is 9.80. The Balaban J connectivity index is 1.98. The van der Waals surface area contributed by atoms with Crippen molar-refractivity contribution in [1.29, 1.82) is 0 Å². The molecule has 120 valence electrons. The smallest absolute Gasteiger partial charge is 0.326 e. The molecular formula is C16H28N2O3. The number of carbonyl (C=O) groups excluding carboxylic acids is 1. The number of amides is 2. The van der Waals surface area contributed by atoms with Crippen molar-refractivity contribution in [3.05, 3.63) is 0 Å². The number of carboxylic acids is 1. The second-order valence-corrected chi connectivity index (χ2v) is 6.85. The molecule has 0 radical (unpaired) electrons. The average molecular weight is 296 g/mol. The molecule has 0 aromatic carbocycles. The number of nitrogens with zero attached hydrogens (tertiary/aromatic N) is 1. The summed E-state index contributed by atoms with van der Waals surface area (Å²) in [5.41, 5.74) is 0. The molecule has 2 N–H and O–H groups in total. The standard InChI is InChI=1S/C16H28N2O3/c1-11-7-8-13(12(2)10-11)17-16(21)18-9-5-3-4-6-14(18)15(19)20/h11-14H,3-10H2,1-2H3,(H,17,21)(H,19,20). The second-order valence-electron chi connectivity index (χ2n) is 6.85. The van der Waals surface area contributed by atoms with E-state index in [1.807, 2.05) is 0 Å². The number of carboxylic acid groups (broad SMARTS) is 1. The number of urea groups is 1. The van der Waals surface area contributed by atoms with E-state index in [1.165, 1.54) is 0 Å². The van der Waals surface area contributed by atoms with Crippen molar-refractivity contribution in [3.8, 4) is 0 Å². The molecule has 1 saturated carbocycles. The van der Waals surface area contributed by atoms with Gasteiger partial charge in [0.05, 0.1) is 0 Å². The van der Waals surface area contributed by atoms with Gasteiger partial charge in [-0.15, -0.1) is 0 Å². The van der Waals surface area contributed by atoms with Crippen LogP contribution in [0.5, 0.6) is 0 Å². The first kappa shape index (κ1) is 16.1. The maximum Gasteiger partial charge on any atom is 0.326 e. The Bertz CT molecular complexity index is 386. The first-order chi connectivity index (χ1) is 9.99. The highest BCUT2D eigenvalue weighted by Gasteiger charge is 2.33. The van der Waals surface area contributed by atoms with Crippen molar-refractivity contribution in [2.75, 3.05) is 6.54 Å². The zero-order valence-corrected chi connectivity index (χ0v) is 13.2. The van der Waals surface area contributed by atoms with Gasteiger partial charge in [0.15, 0.2) is 0 Å². The first-order valence-electron chi connectivity index (χ1n) is 8.29. The van der Waals surface area contributed by atoms with Crippen LogP contribution in [0.2, 0.25) is 0 Å². The number of likely N-dealkylation sites (tertiary alicyclic amines) is 1. The van der Waals surface area contributed by atoms with E-state index < -0.39 is 12.0 Å². The maximum atomic E-state index is 12.5. The minimum atomic E-state index is -0.877. The third-order valence-corrected chi connectivity index (χ3v) is 5.04. The van der Waals surface area contributed by atoms with Crippen LogP contribution in [0.4, 0.5) is 4.79 Å². The fraction of sp³-hybridized carbons (Fsp3) is 0.875. The van der Waals surface area contributed by atoms with Crippen molar-refractivity contribution in [1.82, 2.24) is 10.2 Å². The van der Waals surface area contributed by atoms with Gasteiger partial charge < -0.3 is 15.3 Å². The highest BCUT2D eigenvalue weighted by molar-refractivity contribution is 5.82. The van der Waals surface area contributed by atoms with Gasteiger partial charge in [-0.05, 0) is 43.9 Å². The van der Waals surface area contributed by atoms with E-state index in [-0.39, 0.29) is 12.1 Å². The van der Waals surface area contributed by atoms with Gasteiger partial charge in [0.2, 0.25) is 0 Å². The van der Waals surface area contributed by atoms with E-state index in [0.29, 0.717) is 18.9 Å². The molecule has 2 rings (SSSR count). The second kappa shape index (κ2) is 7.14. The third-order valence-electron chi connectivity index (χ3n) is 5.04. The molecule has 0 bridgehead atoms. The van der Waals surface area contributed by atoms with Crippen LogP contribution in [0.1, 0.15) is 58.8 Å². The van der Waals surface area contributed by atoms with E-state index in [0.717, 1.165) is 44.4 Å². The van der Waals surface area contributed by atoms with E-state index in [2.05, 4.69) is 19.2 Å². The maximum absolute atomic E-state index is 12.5. The quantitative estimate of drug-likeness (QED) is 0.823. The van der Waals surface area contributed by atoms with Gasteiger partial charge in [-0.25, -0.2) is 9.59 Å². The average Bonchev–Trinajstić information content (AvgIpc) is 2.67. The zero-order valence-electron chi connectivity index (χ0n) is 13.2. The van der Waals surface area contributed by atoms with E-state index >= 15 is 0 Å². The van der Waals surface area contributed by atoms with Gasteiger partial charge in [-0.3, -0.25) is 0 Å². The highest BCUT2D eigenvalue weighted by atomic mass is 16.4. The molecule has 4 unspecified atom stereocenters. The Morgan fingerprint density at radius 2 is 1.86 bits per heavy atom. The molecular weight excluding hydrogens is 268 g/mol. The highest BCUT2D eigenvalue weighted by Crippen LogP contribution is 2.29. The molecule has 2 aliphatic rings. The molecule has 2 fully saturated rings. The summed E-state index contributed by atoms with van der Waals surface area (Å²) < 4.78 is 0. The Kier molecular flexibility index (Phi) is 5.48. The summed E-state index contributed by atoms with van der Waals surface area (Å²) in [7, 11) is 0. The minimum absolute atomic E-state index is 0.185. The summed E-state index contributed by atoms with van der Waals surface area (Å²) in [4.78, 5) is 25.5. The predicted octanol–water partition coefficient (Wildman–Crippen LogP) is 2.85. The molecule has 1 aliphatic heterocycles. The zero-order chi connectivity index (χ0) is 15.4. The Labute approximate surface area is 127 Å². The monoisotopic (exact) mass is 296 g/mol. The SMILES string of the molecule is CC1CCC(NC(=O)N2CCCCCC2C(=O)O)C(C)C1. The van der Waals surface area contributed by atoms with Crippen molar-refractivity contribution in [2.24, 2.45) is 11.8 Å². The number of nitrogens with one attached hydrogen (secondary N) is 1. The van der Waals surface area contributed by atoms with Gasteiger partial charge in [0.1, 0.15) is 6.04 Å². The molecule has 1 heterocycles. The molecule has 2 amide bonds. The molecule has 0 aromatic heterocycles. The molecule has 5 nitrogen and oxygen atoms in total. The van der Waals surface area contributed by atoms with Gasteiger partial charge >= 0.3 is 12.0 Å². The van der Waals surface area contributed by atoms with Crippen LogP contribution in [-0.2, 0) is 4.79 Å². The van der Waals surface area contributed by atoms with Gasteiger partial charge in [-0.1, -0.05) is 26.7 Å². The Hall–Kier alpha value is -1.26. The first-order valence-corrected chi connectivity index (χ1v) is 8.29. The molecule has 0 spiro atoms. The summed E-state index contributed by atoms with van der Waals surface area (Å²) in [5.74, 6) is 0.309. The van der Waals surface area contributed by atoms with Gasteiger partial charge in [0.25, 0.3) is 0 Å². The Morgan fingerprint density at radius 1 is 1.10 bits per heavy atom. The fourth-order valence-electron chi connectivity index (χ4n) is 3.73. The van der Waals surface area contributed by atoms with Crippen LogP contribution in [-0.4, -0.2) is 40.6 Å². The summed E-state index contributed by atoms with van der Waals surface area (Å²) in [6, 6.07) is -0.660. The summed E-state index contributed by atoms with van der Waals surface area (Å²) in [6.45, 7) is 4.99. The lowest BCUT2D eigenvalue weighted by molar-refractivity contribution is -0.142. The number of hydrogen-bond acceptors (Lipinski definition) is 2. The summed E-state index contributed by atoms with van der Waals surface area (Å²) in [6.07, 6.45) is 6.63. The van der Waals surface area contributed by atoms with Crippen LogP contribution in [0.15, 0.2) is 0 Å². The van der Waals surface area contributed by atoms with Crippen LogP contribution in [0, 0.1) is 11.8 Å². The molecule has 1 saturated heterocycles. The number of hydrogen-bond donors (Lipinski definition) is 2. The topological polar surface area (TPSA) is 69.6 Å². The largest absolute Gasteiger partial charge is 0.480 e. The van der Waals surface area contributed by atoms with Gasteiger partial charge in [-0.2, -0.15) is 0 Å². The fourth-order valence-corrected chi connectivity index (χ4v) is 3.73. The van der Waals surface area contributed by atoms with Crippen LogP contribution in [0.3, 0.4) is 0 Å². The van der Waals surface area contributed by atoms with Gasteiger partial charge in [0, 0.05) is 12.6 Å². The normalized spacial score (nSPS) is 34.1. The van der Waals surface area contributed by atoms with Crippen molar-refractivity contribution in [2.45, 2.75) is 70.9 Å². The molecule has 0 aromatic rings. The lowest BCUT2D eigenvalue weighted by Crippen LogP contribution is -2.53. The third kappa shape index (κ3) is 4.11. The number of carbonyl (C=O) groups is 2. The van der Waals surface area contributed by atoms with Crippen LogP contribution in [0.25, 0.3) is 0 Å². The van der Waals surface area contributed by atoms with Crippen molar-refractivity contribution in [3.63, 3.8) is 0 Å². The predicted molar refractivity (Wildman–Crippen MR) is 81.1 cm³/mol. The number of rotatable bonds is 2. The lowest BCUT2D eigenvalue weighted by Gasteiger charge is -2.35. The molecule has 5 heteroatoms. The summed E-state index contributed by atoms with van der Waals surface area (Å²) in [5, 5.41) is 12.4.